The third-order valence-electron chi connectivity index (χ3n) is 4.48. The summed E-state index contributed by atoms with van der Waals surface area (Å²) in [4.78, 5) is 14.8. The van der Waals surface area contributed by atoms with E-state index in [-0.39, 0.29) is 5.91 Å². The second-order valence-electron chi connectivity index (χ2n) is 6.22. The maximum absolute atomic E-state index is 13.0. The van der Waals surface area contributed by atoms with Crippen molar-refractivity contribution in [1.29, 1.82) is 0 Å². The molecule has 0 saturated heterocycles. The van der Waals surface area contributed by atoms with Gasteiger partial charge in [0.1, 0.15) is 0 Å². The molecule has 0 aromatic heterocycles. The Bertz CT molecular complexity index is 805. The van der Waals surface area contributed by atoms with Gasteiger partial charge in [0.15, 0.2) is 23.0 Å². The van der Waals surface area contributed by atoms with E-state index in [4.69, 9.17) is 18.9 Å². The number of methoxy groups -OCH3 is 2. The first kappa shape index (κ1) is 18.9. The van der Waals surface area contributed by atoms with Crippen molar-refractivity contribution in [3.8, 4) is 23.0 Å². The van der Waals surface area contributed by atoms with E-state index in [0.717, 1.165) is 12.0 Å². The van der Waals surface area contributed by atoms with Crippen molar-refractivity contribution >= 4 is 5.91 Å². The second-order valence-corrected chi connectivity index (χ2v) is 6.22. The summed E-state index contributed by atoms with van der Waals surface area (Å²) < 4.78 is 22.0. The van der Waals surface area contributed by atoms with Crippen LogP contribution in [-0.2, 0) is 6.54 Å². The fraction of sp³-hybridized carbons (Fsp3) is 0.381. The fourth-order valence-electron chi connectivity index (χ4n) is 3.01. The Morgan fingerprint density at radius 2 is 1.74 bits per heavy atom. The van der Waals surface area contributed by atoms with Crippen molar-refractivity contribution in [3.05, 3.63) is 47.5 Å². The van der Waals surface area contributed by atoms with Crippen LogP contribution in [0.4, 0.5) is 0 Å². The molecule has 1 amide bonds. The average Bonchev–Trinajstić information content (AvgIpc) is 2.96. The Labute approximate surface area is 159 Å². The molecule has 1 aliphatic rings. The number of carbonyl (C=O) groups excluding carboxylic acids is 1. The van der Waals surface area contributed by atoms with E-state index in [0.29, 0.717) is 54.9 Å². The molecule has 0 bridgehead atoms. The van der Waals surface area contributed by atoms with Crippen LogP contribution in [0.3, 0.4) is 0 Å². The van der Waals surface area contributed by atoms with Crippen molar-refractivity contribution in [2.75, 3.05) is 34.0 Å². The number of hydrogen-bond donors (Lipinski definition) is 0. The van der Waals surface area contributed by atoms with Gasteiger partial charge in [-0.3, -0.25) is 4.79 Å². The van der Waals surface area contributed by atoms with Gasteiger partial charge in [-0.25, -0.2) is 0 Å². The summed E-state index contributed by atoms with van der Waals surface area (Å²) in [5.41, 5.74) is 1.55. The molecule has 2 aromatic rings. The van der Waals surface area contributed by atoms with Crippen LogP contribution in [0.5, 0.6) is 23.0 Å². The van der Waals surface area contributed by atoms with Crippen molar-refractivity contribution in [2.24, 2.45) is 0 Å². The summed E-state index contributed by atoms with van der Waals surface area (Å²) >= 11 is 0. The Morgan fingerprint density at radius 3 is 2.44 bits per heavy atom. The SMILES string of the molecule is CCN(Cc1ccc(OC)c(OC)c1)C(=O)c1ccc2c(c1)OCCCO2. The molecule has 0 radical (unpaired) electrons. The van der Waals surface area contributed by atoms with Crippen LogP contribution in [0.25, 0.3) is 0 Å². The molecule has 6 nitrogen and oxygen atoms in total. The van der Waals surface area contributed by atoms with Crippen LogP contribution in [0.2, 0.25) is 0 Å². The number of fused-ring (bicyclic) bond motifs is 1. The number of hydrogen-bond acceptors (Lipinski definition) is 5. The highest BCUT2D eigenvalue weighted by molar-refractivity contribution is 5.95. The predicted octanol–water partition coefficient (Wildman–Crippen LogP) is 3.53. The lowest BCUT2D eigenvalue weighted by Gasteiger charge is -2.22. The van der Waals surface area contributed by atoms with Crippen molar-refractivity contribution < 1.29 is 23.7 Å². The van der Waals surface area contributed by atoms with Crippen LogP contribution >= 0.6 is 0 Å². The maximum Gasteiger partial charge on any atom is 0.254 e. The molecule has 3 rings (SSSR count). The van der Waals surface area contributed by atoms with E-state index >= 15 is 0 Å². The topological polar surface area (TPSA) is 57.2 Å². The second kappa shape index (κ2) is 8.66. The predicted molar refractivity (Wildman–Crippen MR) is 102 cm³/mol. The minimum absolute atomic E-state index is 0.0528. The highest BCUT2D eigenvalue weighted by Gasteiger charge is 2.19. The number of amides is 1. The first-order chi connectivity index (χ1) is 13.2. The highest BCUT2D eigenvalue weighted by atomic mass is 16.5. The van der Waals surface area contributed by atoms with E-state index in [2.05, 4.69) is 0 Å². The molecule has 27 heavy (non-hydrogen) atoms. The van der Waals surface area contributed by atoms with Gasteiger partial charge >= 0.3 is 0 Å². The molecular weight excluding hydrogens is 346 g/mol. The molecular formula is C21H25NO5. The van der Waals surface area contributed by atoms with Gasteiger partial charge in [0.25, 0.3) is 5.91 Å². The molecule has 0 unspecified atom stereocenters. The van der Waals surface area contributed by atoms with Gasteiger partial charge in [-0.2, -0.15) is 0 Å². The third kappa shape index (κ3) is 4.27. The number of nitrogens with zero attached hydrogens (tertiary/aromatic N) is 1. The lowest BCUT2D eigenvalue weighted by molar-refractivity contribution is 0.0752. The van der Waals surface area contributed by atoms with Crippen LogP contribution in [0.15, 0.2) is 36.4 Å². The first-order valence-corrected chi connectivity index (χ1v) is 9.06. The Kier molecular flexibility index (Phi) is 6.06. The van der Waals surface area contributed by atoms with E-state index in [9.17, 15) is 4.79 Å². The van der Waals surface area contributed by atoms with Gasteiger partial charge in [-0.05, 0) is 42.8 Å². The normalized spacial score (nSPS) is 12.9. The average molecular weight is 371 g/mol. The molecule has 0 atom stereocenters. The van der Waals surface area contributed by atoms with Gasteiger partial charge in [-0.1, -0.05) is 6.07 Å². The number of carbonyl (C=O) groups is 1. The largest absolute Gasteiger partial charge is 0.493 e. The van der Waals surface area contributed by atoms with E-state index in [1.165, 1.54) is 0 Å². The van der Waals surface area contributed by atoms with Gasteiger partial charge < -0.3 is 23.8 Å². The molecule has 0 spiro atoms. The van der Waals surface area contributed by atoms with Crippen LogP contribution in [0.1, 0.15) is 29.3 Å². The molecule has 1 aliphatic heterocycles. The molecule has 0 fully saturated rings. The summed E-state index contributed by atoms with van der Waals surface area (Å²) in [6.07, 6.45) is 0.832. The van der Waals surface area contributed by atoms with Crippen molar-refractivity contribution in [1.82, 2.24) is 4.90 Å². The first-order valence-electron chi connectivity index (χ1n) is 9.06. The number of ether oxygens (including phenoxy) is 4. The lowest BCUT2D eigenvalue weighted by atomic mass is 10.1. The monoisotopic (exact) mass is 371 g/mol. The maximum atomic E-state index is 13.0. The van der Waals surface area contributed by atoms with E-state index in [1.54, 1.807) is 37.3 Å². The zero-order valence-corrected chi connectivity index (χ0v) is 16.0. The lowest BCUT2D eigenvalue weighted by Crippen LogP contribution is -2.30. The number of rotatable bonds is 6. The standard InChI is InChI=1S/C21H25NO5/c1-4-22(14-15-6-8-17(24-2)19(12-15)25-3)21(23)16-7-9-18-20(13-16)27-11-5-10-26-18/h6-9,12-13H,4-5,10-11,14H2,1-3H3. The molecule has 1 heterocycles. The Balaban J connectivity index is 1.79. The van der Waals surface area contributed by atoms with E-state index in [1.807, 2.05) is 25.1 Å². The summed E-state index contributed by atoms with van der Waals surface area (Å²) in [7, 11) is 3.20. The minimum Gasteiger partial charge on any atom is -0.493 e. The minimum atomic E-state index is -0.0528. The van der Waals surface area contributed by atoms with Crippen molar-refractivity contribution in [2.45, 2.75) is 19.9 Å². The molecule has 0 N–H and O–H groups in total. The zero-order valence-electron chi connectivity index (χ0n) is 16.0. The van der Waals surface area contributed by atoms with Gasteiger partial charge in [-0.15, -0.1) is 0 Å². The molecule has 2 aromatic carbocycles. The van der Waals surface area contributed by atoms with Crippen LogP contribution in [0, 0.1) is 0 Å². The fourth-order valence-corrected chi connectivity index (χ4v) is 3.01. The molecule has 144 valence electrons. The van der Waals surface area contributed by atoms with Gasteiger partial charge in [0.2, 0.25) is 0 Å². The third-order valence-corrected chi connectivity index (χ3v) is 4.48. The summed E-state index contributed by atoms with van der Waals surface area (Å²) in [5.74, 6) is 2.57. The molecule has 0 aliphatic carbocycles. The van der Waals surface area contributed by atoms with E-state index < -0.39 is 0 Å². The van der Waals surface area contributed by atoms with Gasteiger partial charge in [0, 0.05) is 25.1 Å². The smallest absolute Gasteiger partial charge is 0.254 e. The Morgan fingerprint density at radius 1 is 1.00 bits per heavy atom. The summed E-state index contributed by atoms with van der Waals surface area (Å²) in [5, 5.41) is 0. The molecule has 6 heteroatoms. The summed E-state index contributed by atoms with van der Waals surface area (Å²) in [6.45, 7) is 4.24. The quantitative estimate of drug-likeness (QED) is 0.778. The van der Waals surface area contributed by atoms with Crippen LogP contribution in [-0.4, -0.2) is 44.8 Å². The zero-order chi connectivity index (χ0) is 19.2. The van der Waals surface area contributed by atoms with Gasteiger partial charge in [0.05, 0.1) is 27.4 Å². The summed E-state index contributed by atoms with van der Waals surface area (Å²) in [6, 6.07) is 11.0. The number of benzene rings is 2. The highest BCUT2D eigenvalue weighted by Crippen LogP contribution is 2.31. The van der Waals surface area contributed by atoms with Crippen molar-refractivity contribution in [3.63, 3.8) is 0 Å². The molecule has 0 saturated carbocycles. The Hall–Kier alpha value is -2.89. The van der Waals surface area contributed by atoms with Crippen LogP contribution < -0.4 is 18.9 Å².